The second-order valence-corrected chi connectivity index (χ2v) is 5.42. The molecule has 1 atom stereocenters. The maximum Gasteiger partial charge on any atom is 0.102 e. The van der Waals surface area contributed by atoms with Crippen LogP contribution in [0.4, 0.5) is 0 Å². The zero-order valence-electron chi connectivity index (χ0n) is 11.3. The van der Waals surface area contributed by atoms with Crippen LogP contribution in [0.25, 0.3) is 0 Å². The Morgan fingerprint density at radius 1 is 1.16 bits per heavy atom. The van der Waals surface area contributed by atoms with Crippen molar-refractivity contribution in [3.05, 3.63) is 48.3 Å². The monoisotopic (exact) mass is 273 g/mol. The molecule has 100 valence electrons. The quantitative estimate of drug-likeness (QED) is 0.871. The average Bonchev–Trinajstić information content (AvgIpc) is 2.46. The second-order valence-electron chi connectivity index (χ2n) is 4.38. The minimum atomic E-state index is 0.348. The Morgan fingerprint density at radius 3 is 2.63 bits per heavy atom. The van der Waals surface area contributed by atoms with Crippen molar-refractivity contribution in [2.24, 2.45) is 0 Å². The maximum atomic E-state index is 4.49. The van der Waals surface area contributed by atoms with Crippen LogP contribution in [0.3, 0.4) is 0 Å². The molecule has 1 N–H and O–H groups in total. The highest BCUT2D eigenvalue weighted by molar-refractivity contribution is 7.99. The van der Waals surface area contributed by atoms with E-state index >= 15 is 0 Å². The van der Waals surface area contributed by atoms with E-state index in [1.54, 1.807) is 18.0 Å². The van der Waals surface area contributed by atoms with E-state index in [4.69, 9.17) is 0 Å². The third-order valence-corrected chi connectivity index (χ3v) is 3.71. The van der Waals surface area contributed by atoms with Crippen LogP contribution in [0.2, 0.25) is 0 Å². The summed E-state index contributed by atoms with van der Waals surface area (Å²) in [5.41, 5.74) is 1.22. The lowest BCUT2D eigenvalue weighted by molar-refractivity contribution is 0.568. The Balaban J connectivity index is 1.98. The lowest BCUT2D eigenvalue weighted by atomic mass is 10.1. The van der Waals surface area contributed by atoms with Gasteiger partial charge in [0.15, 0.2) is 0 Å². The van der Waals surface area contributed by atoms with Crippen molar-refractivity contribution < 1.29 is 0 Å². The fraction of sp³-hybridized carbons (Fsp3) is 0.333. The van der Waals surface area contributed by atoms with Crippen molar-refractivity contribution in [3.63, 3.8) is 0 Å². The van der Waals surface area contributed by atoms with Crippen LogP contribution >= 0.6 is 11.8 Å². The van der Waals surface area contributed by atoms with Crippen molar-refractivity contribution in [2.45, 2.75) is 36.4 Å². The molecule has 2 aromatic heterocycles. The molecule has 0 fully saturated rings. The molecule has 0 radical (unpaired) electrons. The minimum absolute atomic E-state index is 0.348. The smallest absolute Gasteiger partial charge is 0.102 e. The van der Waals surface area contributed by atoms with Crippen molar-refractivity contribution in [3.8, 4) is 0 Å². The second kappa shape index (κ2) is 7.26. The normalized spacial score (nSPS) is 12.3. The van der Waals surface area contributed by atoms with Crippen LogP contribution in [0.15, 0.2) is 52.8 Å². The van der Waals surface area contributed by atoms with Gasteiger partial charge in [0, 0.05) is 18.4 Å². The van der Waals surface area contributed by atoms with Crippen molar-refractivity contribution >= 4 is 11.8 Å². The fourth-order valence-electron chi connectivity index (χ4n) is 1.70. The van der Waals surface area contributed by atoms with E-state index in [1.165, 1.54) is 5.56 Å². The van der Waals surface area contributed by atoms with E-state index in [2.05, 4.69) is 41.3 Å². The summed E-state index contributed by atoms with van der Waals surface area (Å²) in [5, 5.41) is 5.41. The van der Waals surface area contributed by atoms with E-state index in [1.807, 2.05) is 24.4 Å². The summed E-state index contributed by atoms with van der Waals surface area (Å²) in [6.07, 6.45) is 4.89. The average molecular weight is 273 g/mol. The molecule has 0 aliphatic rings. The Morgan fingerprint density at radius 2 is 2.00 bits per heavy atom. The Hall–Kier alpha value is -1.39. The van der Waals surface area contributed by atoms with Gasteiger partial charge in [0.2, 0.25) is 0 Å². The Labute approximate surface area is 118 Å². The Kier molecular flexibility index (Phi) is 5.36. The van der Waals surface area contributed by atoms with Gasteiger partial charge in [-0.2, -0.15) is 0 Å². The molecular formula is C15H19N3S. The number of hydrogen-bond donors (Lipinski definition) is 1. The molecule has 0 saturated carbocycles. The van der Waals surface area contributed by atoms with Gasteiger partial charge in [0.05, 0.1) is 0 Å². The number of rotatable bonds is 6. The number of nitrogens with one attached hydrogen (secondary N) is 1. The third-order valence-electron chi connectivity index (χ3n) is 2.81. The molecule has 0 bridgehead atoms. The molecule has 0 saturated heterocycles. The molecule has 0 amide bonds. The summed E-state index contributed by atoms with van der Waals surface area (Å²) >= 11 is 1.58. The van der Waals surface area contributed by atoms with Crippen LogP contribution in [0.1, 0.15) is 31.9 Å². The van der Waals surface area contributed by atoms with Gasteiger partial charge < -0.3 is 5.32 Å². The van der Waals surface area contributed by atoms with Gasteiger partial charge in [0.1, 0.15) is 10.1 Å². The minimum Gasteiger partial charge on any atom is -0.310 e. The number of aromatic nitrogens is 2. The SMILES string of the molecule is CCCNC(C)c1ccc(Sc2ccccn2)nc1. The lowest BCUT2D eigenvalue weighted by Gasteiger charge is -2.13. The molecule has 4 heteroatoms. The summed E-state index contributed by atoms with van der Waals surface area (Å²) in [6.45, 7) is 5.37. The highest BCUT2D eigenvalue weighted by atomic mass is 32.2. The first kappa shape index (κ1) is 14.0. The fourth-order valence-corrected chi connectivity index (χ4v) is 2.42. The van der Waals surface area contributed by atoms with Crippen LogP contribution in [-0.2, 0) is 0 Å². The molecule has 0 spiro atoms. The largest absolute Gasteiger partial charge is 0.310 e. The van der Waals surface area contributed by atoms with Crippen LogP contribution < -0.4 is 5.32 Å². The molecule has 19 heavy (non-hydrogen) atoms. The molecule has 3 nitrogen and oxygen atoms in total. The van der Waals surface area contributed by atoms with Crippen LogP contribution in [0.5, 0.6) is 0 Å². The zero-order chi connectivity index (χ0) is 13.5. The van der Waals surface area contributed by atoms with E-state index in [0.29, 0.717) is 6.04 Å². The van der Waals surface area contributed by atoms with Gasteiger partial charge in [-0.25, -0.2) is 9.97 Å². The topological polar surface area (TPSA) is 37.8 Å². The molecule has 0 aliphatic heterocycles. The highest BCUT2D eigenvalue weighted by Crippen LogP contribution is 2.24. The predicted octanol–water partition coefficient (Wildman–Crippen LogP) is 3.69. The predicted molar refractivity (Wildman–Crippen MR) is 79.3 cm³/mol. The third kappa shape index (κ3) is 4.33. The number of pyridine rings is 2. The van der Waals surface area contributed by atoms with Gasteiger partial charge in [-0.3, -0.25) is 0 Å². The van der Waals surface area contributed by atoms with Crippen molar-refractivity contribution in [1.29, 1.82) is 0 Å². The molecule has 2 rings (SSSR count). The van der Waals surface area contributed by atoms with E-state index in [9.17, 15) is 0 Å². The van der Waals surface area contributed by atoms with E-state index < -0.39 is 0 Å². The van der Waals surface area contributed by atoms with Gasteiger partial charge in [-0.1, -0.05) is 30.8 Å². The summed E-state index contributed by atoms with van der Waals surface area (Å²) in [7, 11) is 0. The van der Waals surface area contributed by atoms with E-state index in [-0.39, 0.29) is 0 Å². The van der Waals surface area contributed by atoms with Gasteiger partial charge in [-0.15, -0.1) is 0 Å². The van der Waals surface area contributed by atoms with E-state index in [0.717, 1.165) is 23.0 Å². The molecule has 1 unspecified atom stereocenters. The van der Waals surface area contributed by atoms with Crippen LogP contribution in [-0.4, -0.2) is 16.5 Å². The Bertz CT molecular complexity index is 485. The maximum absolute atomic E-state index is 4.49. The van der Waals surface area contributed by atoms with Crippen molar-refractivity contribution in [1.82, 2.24) is 15.3 Å². The molecule has 0 aromatic carbocycles. The first-order valence-corrected chi connectivity index (χ1v) is 7.39. The summed E-state index contributed by atoms with van der Waals surface area (Å²) < 4.78 is 0. The highest BCUT2D eigenvalue weighted by Gasteiger charge is 2.05. The van der Waals surface area contributed by atoms with Crippen LogP contribution in [0, 0.1) is 0 Å². The van der Waals surface area contributed by atoms with Gasteiger partial charge in [0.25, 0.3) is 0 Å². The number of hydrogen-bond acceptors (Lipinski definition) is 4. The molecular weight excluding hydrogens is 254 g/mol. The van der Waals surface area contributed by atoms with Gasteiger partial charge >= 0.3 is 0 Å². The standard InChI is InChI=1S/C15H19N3S/c1-3-9-16-12(2)13-7-8-15(18-11-13)19-14-6-4-5-10-17-14/h4-8,10-12,16H,3,9H2,1-2H3. The summed E-state index contributed by atoms with van der Waals surface area (Å²) in [6, 6.07) is 10.4. The first-order valence-electron chi connectivity index (χ1n) is 6.58. The number of nitrogens with zero attached hydrogens (tertiary/aromatic N) is 2. The van der Waals surface area contributed by atoms with Crippen molar-refractivity contribution in [2.75, 3.05) is 6.54 Å². The summed E-state index contributed by atoms with van der Waals surface area (Å²) in [4.78, 5) is 8.77. The first-order chi connectivity index (χ1) is 9.29. The lowest BCUT2D eigenvalue weighted by Crippen LogP contribution is -2.19. The summed E-state index contributed by atoms with van der Waals surface area (Å²) in [5.74, 6) is 0. The zero-order valence-corrected chi connectivity index (χ0v) is 12.2. The molecule has 0 aliphatic carbocycles. The molecule has 2 aromatic rings. The molecule has 2 heterocycles. The van der Waals surface area contributed by atoms with Gasteiger partial charge in [-0.05, 0) is 43.7 Å².